The second-order valence-electron chi connectivity index (χ2n) is 17.7. The third-order valence-electron chi connectivity index (χ3n) is 11.9. The Kier molecular flexibility index (Phi) is 18.4. The van der Waals surface area contributed by atoms with E-state index in [2.05, 4.69) is 55.4 Å². The van der Waals surface area contributed by atoms with Gasteiger partial charge in [-0.25, -0.2) is 10.1 Å². The molecule has 8 aromatic rings. The quantitative estimate of drug-likeness (QED) is 0.00638. The number of hydrogen-bond acceptors (Lipinski definition) is 34. The van der Waals surface area contributed by atoms with Gasteiger partial charge in [-0.3, -0.25) is 42.0 Å². The van der Waals surface area contributed by atoms with E-state index in [0.29, 0.717) is 47.1 Å². The maximum absolute atomic E-state index is 13.2. The lowest BCUT2D eigenvalue weighted by Gasteiger charge is -2.15. The molecule has 1 heterocycles. The topological polar surface area (TPSA) is 703 Å². The molecule has 0 saturated heterocycles. The molecular weight excluding hydrogens is 1430 g/mol. The van der Waals surface area contributed by atoms with Crippen molar-refractivity contribution in [3.8, 4) is 23.1 Å². The predicted octanol–water partition coefficient (Wildman–Crippen LogP) is 7.30. The molecule has 0 aliphatic rings. The summed E-state index contributed by atoms with van der Waals surface area (Å²) in [5, 5.41) is 95.5. The van der Waals surface area contributed by atoms with Gasteiger partial charge in [0.15, 0.2) is 17.2 Å². The number of rotatable bonds is 21. The van der Waals surface area contributed by atoms with Crippen LogP contribution in [0.4, 0.5) is 56.9 Å². The van der Waals surface area contributed by atoms with Crippen LogP contribution in [0.15, 0.2) is 165 Å². The number of carboxylic acids is 1. The highest BCUT2D eigenvalue weighted by Gasteiger charge is 2.33. The Labute approximate surface area is 519 Å². The monoisotopic (exact) mass is 1450 g/mol. The molecule has 93 heavy (non-hydrogen) atoms. The molecule has 51 heteroatoms. The minimum Gasteiger partial charge on any atom is -0.505 e. The van der Waals surface area contributed by atoms with Crippen molar-refractivity contribution >= 4 is 167 Å². The number of nitrogens with zero attached hydrogens (tertiary/aromatic N) is 11. The summed E-state index contributed by atoms with van der Waals surface area (Å²) < 4.78 is 252. The fraction of sp³-hybridized carbons (Fsp3) is 0. The first kappa shape index (κ1) is 69.2. The summed E-state index contributed by atoms with van der Waals surface area (Å²) in [6, 6.07) is 7.90. The molecule has 0 saturated carbocycles. The first-order valence-corrected chi connectivity index (χ1v) is 33.9. The maximum atomic E-state index is 13.2. The van der Waals surface area contributed by atoms with Crippen LogP contribution >= 0.6 is 12.0 Å². The Bertz CT molecular complexity index is 5520. The number of nitro groups is 1. The molecule has 14 N–H and O–H groups in total. The van der Waals surface area contributed by atoms with E-state index in [-0.39, 0.29) is 35.9 Å². The first-order chi connectivity index (χ1) is 42.8. The summed E-state index contributed by atoms with van der Waals surface area (Å²) in [5.74, 6) is -6.12. The number of carboxylic acid groups (broad SMARTS) is 1. The van der Waals surface area contributed by atoms with Gasteiger partial charge in [-0.2, -0.15) is 73.8 Å². The van der Waals surface area contributed by atoms with E-state index in [1.165, 1.54) is 0 Å². The number of phenols is 2. The number of anilines is 1. The zero-order valence-corrected chi connectivity index (χ0v) is 50.5. The van der Waals surface area contributed by atoms with Crippen molar-refractivity contribution in [3.63, 3.8) is 0 Å². The number of aromatic hydroxyl groups is 3. The van der Waals surface area contributed by atoms with Crippen LogP contribution < -0.4 is 5.73 Å². The molecule has 1 aromatic heterocycles. The van der Waals surface area contributed by atoms with Gasteiger partial charge in [0.05, 0.1) is 49.2 Å². The number of azo groups is 4. The van der Waals surface area contributed by atoms with E-state index >= 15 is 0 Å². The van der Waals surface area contributed by atoms with Crippen molar-refractivity contribution in [1.29, 1.82) is 0 Å². The van der Waals surface area contributed by atoms with Gasteiger partial charge in [0.25, 0.3) is 76.5 Å². The molecule has 8 rings (SSSR count). The third-order valence-corrected chi connectivity index (χ3v) is 18.7. The summed E-state index contributed by atoms with van der Waals surface area (Å²) in [6.45, 7) is 0. The maximum Gasteiger partial charge on any atom is 0.358 e. The van der Waals surface area contributed by atoms with Crippen LogP contribution in [0.5, 0.6) is 17.4 Å². The lowest BCUT2D eigenvalue weighted by molar-refractivity contribution is -0.432. The lowest BCUT2D eigenvalue weighted by atomic mass is 10.0. The Balaban J connectivity index is 1.27. The molecule has 7 aromatic carbocycles. The molecule has 0 radical (unpaired) electrons. The largest absolute Gasteiger partial charge is 0.505 e. The van der Waals surface area contributed by atoms with Crippen LogP contribution in [0.3, 0.4) is 0 Å². The Morgan fingerprint density at radius 3 is 1.57 bits per heavy atom. The van der Waals surface area contributed by atoms with Crippen LogP contribution in [-0.4, -0.2) is 137 Å². The molecule has 490 valence electrons. The lowest BCUT2D eigenvalue weighted by Crippen LogP contribution is -2.05. The van der Waals surface area contributed by atoms with Crippen molar-refractivity contribution in [1.82, 2.24) is 9.78 Å². The predicted molar refractivity (Wildman–Crippen MR) is 303 cm³/mol. The van der Waals surface area contributed by atoms with Crippen LogP contribution in [0.1, 0.15) is 10.5 Å². The normalized spacial score (nSPS) is 13.2. The van der Waals surface area contributed by atoms with Gasteiger partial charge in [-0.15, -0.1) is 40.1 Å². The molecule has 43 nitrogen and oxygen atoms in total. The molecule has 0 unspecified atom stereocenters. The van der Waals surface area contributed by atoms with Crippen LogP contribution in [-0.2, 0) is 80.2 Å². The molecule has 0 aliphatic heterocycles. The summed E-state index contributed by atoms with van der Waals surface area (Å²) in [7, 11) is -39.2. The van der Waals surface area contributed by atoms with E-state index < -0.39 is 222 Å². The number of phenolic OH excluding ortho intramolecular Hbond substituents is 2. The Morgan fingerprint density at radius 1 is 0.527 bits per heavy atom. The molecular formula is C42H28N12O31S8. The highest BCUT2D eigenvalue weighted by Crippen LogP contribution is 2.52. The molecule has 0 atom stereocenters. The van der Waals surface area contributed by atoms with Crippen molar-refractivity contribution < 1.29 is 136 Å². The van der Waals surface area contributed by atoms with Gasteiger partial charge in [0, 0.05) is 28.3 Å². The van der Waals surface area contributed by atoms with Gasteiger partial charge in [0.1, 0.15) is 63.5 Å². The standard InChI is InChI=1S/C42H28N12O31S8/c43-32-24(14-26(88(66,67)68)21-12-25(86-85-84-62)33(39(56)31(21)32)48-45-22-7-3-17(54(60)61)11-27(22)89(69,70)71)47-46-23-8-6-19-20(40(23)93(81,82)83)13-30(92(78,79)80)35(38(19)55)50-44-15-9-28(90(72,73)74)34(29(10-15)91(75,76)77)49-51-36-37(42(58)59)52-53(41(36)57)16-1-4-18(5-2-16)87(63,64)65/h1-14,55-57,62H,43H2,(H,58,59)(H,63,64,65)(H,66,67,68)(H,69,70,71)(H,72,73,74)(H,75,76,77)(H,78,79,80)(H,81,82,83). The number of nitrogen functional groups attached to an aromatic ring is 1. The van der Waals surface area contributed by atoms with E-state index in [4.69, 9.17) is 11.0 Å². The smallest absolute Gasteiger partial charge is 0.358 e. The van der Waals surface area contributed by atoms with Gasteiger partial charge in [-0.05, 0) is 72.8 Å². The summed E-state index contributed by atoms with van der Waals surface area (Å²) in [4.78, 5) is 12.0. The molecule has 0 bridgehead atoms. The Morgan fingerprint density at radius 2 is 1.04 bits per heavy atom. The number of nitro benzene ring substituents is 1. The van der Waals surface area contributed by atoms with Crippen molar-refractivity contribution in [3.05, 3.63) is 101 Å². The van der Waals surface area contributed by atoms with Gasteiger partial charge in [-0.1, -0.05) is 5.04 Å². The van der Waals surface area contributed by atoms with Crippen molar-refractivity contribution in [2.75, 3.05) is 5.73 Å². The zero-order valence-electron chi connectivity index (χ0n) is 44.0. The number of nitrogens with two attached hydrogens (primary N) is 1. The van der Waals surface area contributed by atoms with Crippen LogP contribution in [0, 0.1) is 10.1 Å². The van der Waals surface area contributed by atoms with Crippen LogP contribution in [0.25, 0.3) is 27.2 Å². The summed E-state index contributed by atoms with van der Waals surface area (Å²) >= 11 is -0.0816. The second kappa shape index (κ2) is 24.8. The number of hydrogen-bond donors (Lipinski definition) is 13. The molecule has 0 aliphatic carbocycles. The third kappa shape index (κ3) is 14.4. The number of aromatic nitrogens is 2. The number of carbonyl (C=O) groups is 1. The number of fused-ring (bicyclic) bond motifs is 2. The average molecular weight is 1450 g/mol. The summed E-state index contributed by atoms with van der Waals surface area (Å²) in [5.41, 5.74) is -6.33. The fourth-order valence-electron chi connectivity index (χ4n) is 8.06. The Hall–Kier alpha value is -9.66. The number of non-ortho nitro benzene ring substituents is 1. The van der Waals surface area contributed by atoms with Crippen molar-refractivity contribution in [2.45, 2.75) is 39.2 Å². The highest BCUT2D eigenvalue weighted by atomic mass is 32.2. The molecule has 0 spiro atoms. The number of benzene rings is 7. The van der Waals surface area contributed by atoms with E-state index in [1.54, 1.807) is 0 Å². The van der Waals surface area contributed by atoms with Gasteiger partial charge < -0.3 is 26.2 Å². The second-order valence-corrected chi connectivity index (χ2v) is 28.1. The van der Waals surface area contributed by atoms with E-state index in [0.717, 1.165) is 24.3 Å². The van der Waals surface area contributed by atoms with Gasteiger partial charge >= 0.3 is 5.97 Å². The fourth-order valence-corrected chi connectivity index (χ4v) is 13.2. The SMILES string of the molecule is Nc1c(N=Nc2ccc3c(O)c(N=Nc4cc(S(=O)(=O)O)c(N=Nc5c(C(=O)O)nn(-c6ccc(S(=O)(=O)O)cc6)c5O)c(S(=O)(=O)O)c4)c(S(=O)(=O)O)cc3c2S(=O)(=O)O)cc(S(=O)(=O)O)c2cc(SOOO)c(N=Nc3ccc([N+](=O)[O-])cc3S(=O)(=O)O)c(O)c12. The summed E-state index contributed by atoms with van der Waals surface area (Å²) in [6.07, 6.45) is 0. The minimum absolute atomic E-state index is 0.0816. The number of aromatic carboxylic acids is 1. The van der Waals surface area contributed by atoms with E-state index in [1.807, 2.05) is 0 Å². The van der Waals surface area contributed by atoms with Gasteiger partial charge in [0.2, 0.25) is 11.6 Å². The zero-order chi connectivity index (χ0) is 69.2. The highest BCUT2D eigenvalue weighted by molar-refractivity contribution is 7.94. The average Bonchev–Trinajstić information content (AvgIpc) is 1.35. The van der Waals surface area contributed by atoms with E-state index in [9.17, 15) is 126 Å². The van der Waals surface area contributed by atoms with Crippen molar-refractivity contribution in [2.24, 2.45) is 40.9 Å². The molecule has 0 amide bonds. The van der Waals surface area contributed by atoms with Crippen LogP contribution in [0.2, 0.25) is 0 Å². The molecule has 0 fully saturated rings. The minimum atomic E-state index is -5.89. The first-order valence-electron chi connectivity index (χ1n) is 23.1.